The third kappa shape index (κ3) is 5.61. The molecule has 0 saturated heterocycles. The van der Waals surface area contributed by atoms with Gasteiger partial charge in [-0.15, -0.1) is 0 Å². The molecule has 0 fully saturated rings. The molecule has 7 heteroatoms. The lowest BCUT2D eigenvalue weighted by Crippen LogP contribution is -3.14. The van der Waals surface area contributed by atoms with Crippen molar-refractivity contribution in [2.24, 2.45) is 0 Å². The highest BCUT2D eigenvalue weighted by Gasteiger charge is 2.17. The predicted molar refractivity (Wildman–Crippen MR) is 118 cm³/mol. The lowest BCUT2D eigenvalue weighted by Gasteiger charge is -2.17. The number of fused-ring (bicyclic) bond motifs is 1. The lowest BCUT2D eigenvalue weighted by atomic mass is 10.1. The Hall–Kier alpha value is -3.32. The van der Waals surface area contributed by atoms with Crippen LogP contribution in [0.3, 0.4) is 0 Å². The van der Waals surface area contributed by atoms with Crippen molar-refractivity contribution in [2.75, 3.05) is 38.6 Å². The van der Waals surface area contributed by atoms with Gasteiger partial charge in [-0.3, -0.25) is 9.59 Å². The number of benzene rings is 2. The fourth-order valence-electron chi connectivity index (χ4n) is 3.45. The van der Waals surface area contributed by atoms with Gasteiger partial charge in [0.15, 0.2) is 13.1 Å². The number of likely N-dealkylation sites (N-methyl/N-ethyl adjacent to an activating group) is 1. The van der Waals surface area contributed by atoms with E-state index in [9.17, 15) is 9.59 Å². The fourth-order valence-corrected chi connectivity index (χ4v) is 3.45. The molecule has 1 unspecified atom stereocenters. The maximum absolute atomic E-state index is 12.4. The monoisotopic (exact) mass is 409 g/mol. The molecule has 158 valence electrons. The largest absolute Gasteiger partial charge is 0.495 e. The van der Waals surface area contributed by atoms with Crippen molar-refractivity contribution in [1.82, 2.24) is 10.3 Å². The van der Waals surface area contributed by atoms with Crippen molar-refractivity contribution in [1.29, 1.82) is 0 Å². The number of H-pyrrole nitrogens is 1. The van der Waals surface area contributed by atoms with Gasteiger partial charge in [0.1, 0.15) is 5.75 Å². The molecule has 0 saturated carbocycles. The van der Waals surface area contributed by atoms with Crippen LogP contribution in [-0.2, 0) is 16.0 Å². The van der Waals surface area contributed by atoms with Crippen molar-refractivity contribution in [3.8, 4) is 5.75 Å². The van der Waals surface area contributed by atoms with Gasteiger partial charge in [-0.1, -0.05) is 30.3 Å². The molecular weight excluding hydrogens is 380 g/mol. The van der Waals surface area contributed by atoms with Gasteiger partial charge in [0.2, 0.25) is 0 Å². The zero-order chi connectivity index (χ0) is 21.3. The summed E-state index contributed by atoms with van der Waals surface area (Å²) in [6.07, 6.45) is 2.74. The molecule has 2 amide bonds. The standard InChI is InChI=1S/C23H28N4O3/c1-3-27(16-23(29)26-20-10-6-7-11-21(20)30-2)15-22(28)24-13-12-17-14-25-19-9-5-4-8-18(17)19/h4-11,14,25H,3,12-13,15-16H2,1-2H3,(H,24,28)(H,26,29)/p+1. The third-order valence-electron chi connectivity index (χ3n) is 5.09. The van der Waals surface area contributed by atoms with Gasteiger partial charge in [0.25, 0.3) is 11.8 Å². The number of ether oxygens (including phenoxy) is 1. The van der Waals surface area contributed by atoms with Gasteiger partial charge in [-0.05, 0) is 37.1 Å². The van der Waals surface area contributed by atoms with Crippen LogP contribution in [0, 0.1) is 0 Å². The molecule has 30 heavy (non-hydrogen) atoms. The Bertz CT molecular complexity index is 999. The minimum Gasteiger partial charge on any atom is -0.495 e. The summed E-state index contributed by atoms with van der Waals surface area (Å²) in [4.78, 5) is 28.9. The summed E-state index contributed by atoms with van der Waals surface area (Å²) in [5, 5.41) is 7.01. The number of amides is 2. The number of nitrogens with one attached hydrogen (secondary N) is 4. The molecule has 0 aliphatic rings. The first-order chi connectivity index (χ1) is 14.6. The summed E-state index contributed by atoms with van der Waals surface area (Å²) in [7, 11) is 1.56. The van der Waals surface area contributed by atoms with Crippen LogP contribution in [0.5, 0.6) is 5.75 Å². The molecule has 0 spiro atoms. The summed E-state index contributed by atoms with van der Waals surface area (Å²) in [6.45, 7) is 3.67. The SMILES string of the molecule is CC[NH+](CC(=O)NCCc1c[nH]c2ccccc12)CC(=O)Nc1ccccc1OC. The molecule has 0 aliphatic carbocycles. The average Bonchev–Trinajstić information content (AvgIpc) is 3.17. The Morgan fingerprint density at radius 3 is 2.57 bits per heavy atom. The summed E-state index contributed by atoms with van der Waals surface area (Å²) in [6, 6.07) is 15.4. The van der Waals surface area contributed by atoms with Crippen molar-refractivity contribution in [2.45, 2.75) is 13.3 Å². The Kier molecular flexibility index (Phi) is 7.45. The minimum absolute atomic E-state index is 0.0585. The van der Waals surface area contributed by atoms with E-state index in [1.54, 1.807) is 19.2 Å². The smallest absolute Gasteiger partial charge is 0.279 e. The third-order valence-corrected chi connectivity index (χ3v) is 5.09. The van der Waals surface area contributed by atoms with Crippen LogP contribution >= 0.6 is 0 Å². The maximum Gasteiger partial charge on any atom is 0.279 e. The highest BCUT2D eigenvalue weighted by molar-refractivity contribution is 5.93. The normalized spacial score (nSPS) is 11.8. The maximum atomic E-state index is 12.4. The van der Waals surface area contributed by atoms with Crippen LogP contribution in [0.2, 0.25) is 0 Å². The van der Waals surface area contributed by atoms with E-state index < -0.39 is 0 Å². The van der Waals surface area contributed by atoms with Crippen molar-refractivity contribution >= 4 is 28.4 Å². The summed E-state index contributed by atoms with van der Waals surface area (Å²) >= 11 is 0. The zero-order valence-corrected chi connectivity index (χ0v) is 17.5. The van der Waals surface area contributed by atoms with Gasteiger partial charge in [0.05, 0.1) is 19.3 Å². The van der Waals surface area contributed by atoms with Crippen molar-refractivity contribution < 1.29 is 19.2 Å². The molecule has 1 heterocycles. The van der Waals surface area contributed by atoms with Crippen LogP contribution in [0.25, 0.3) is 10.9 Å². The van der Waals surface area contributed by atoms with E-state index >= 15 is 0 Å². The number of para-hydroxylation sites is 3. The second-order valence-electron chi connectivity index (χ2n) is 7.17. The molecule has 7 nitrogen and oxygen atoms in total. The van der Waals surface area contributed by atoms with Gasteiger partial charge in [-0.2, -0.15) is 0 Å². The number of aromatic nitrogens is 1. The Morgan fingerprint density at radius 1 is 1.03 bits per heavy atom. The molecule has 0 bridgehead atoms. The number of hydrogen-bond acceptors (Lipinski definition) is 3. The van der Waals surface area contributed by atoms with Gasteiger partial charge >= 0.3 is 0 Å². The quantitative estimate of drug-likeness (QED) is 0.408. The molecule has 4 N–H and O–H groups in total. The predicted octanol–water partition coefficient (Wildman–Crippen LogP) is 1.38. The second-order valence-corrected chi connectivity index (χ2v) is 7.17. The van der Waals surface area contributed by atoms with E-state index in [1.807, 2.05) is 43.5 Å². The Labute approximate surface area is 176 Å². The molecule has 3 aromatic rings. The van der Waals surface area contributed by atoms with Crippen LogP contribution in [0.1, 0.15) is 12.5 Å². The van der Waals surface area contributed by atoms with Gasteiger partial charge < -0.3 is 25.3 Å². The number of carbonyl (C=O) groups is 2. The molecule has 2 aromatic carbocycles. The van der Waals surface area contributed by atoms with E-state index in [-0.39, 0.29) is 24.9 Å². The van der Waals surface area contributed by atoms with Crippen LogP contribution in [0.4, 0.5) is 5.69 Å². The lowest BCUT2D eigenvalue weighted by molar-refractivity contribution is -0.881. The number of carbonyl (C=O) groups excluding carboxylic acids is 2. The first-order valence-electron chi connectivity index (χ1n) is 10.2. The number of aromatic amines is 1. The number of methoxy groups -OCH3 is 1. The molecular formula is C23H29N4O3+. The van der Waals surface area contributed by atoms with E-state index in [0.717, 1.165) is 16.8 Å². The van der Waals surface area contributed by atoms with Crippen molar-refractivity contribution in [3.63, 3.8) is 0 Å². The zero-order valence-electron chi connectivity index (χ0n) is 17.5. The number of hydrogen-bond donors (Lipinski definition) is 4. The van der Waals surface area contributed by atoms with Crippen LogP contribution < -0.4 is 20.3 Å². The van der Waals surface area contributed by atoms with Crippen molar-refractivity contribution in [3.05, 3.63) is 60.3 Å². The highest BCUT2D eigenvalue weighted by Crippen LogP contribution is 2.22. The van der Waals surface area contributed by atoms with E-state index in [4.69, 9.17) is 4.74 Å². The van der Waals surface area contributed by atoms with Gasteiger partial charge in [-0.25, -0.2) is 0 Å². The summed E-state index contributed by atoms with van der Waals surface area (Å²) in [5.74, 6) is 0.402. The van der Waals surface area contributed by atoms with E-state index in [1.165, 1.54) is 10.9 Å². The minimum atomic E-state index is -0.150. The number of rotatable bonds is 10. The first-order valence-corrected chi connectivity index (χ1v) is 10.2. The molecule has 0 radical (unpaired) electrons. The number of anilines is 1. The van der Waals surface area contributed by atoms with Gasteiger partial charge in [0, 0.05) is 23.6 Å². The molecule has 1 atom stereocenters. The summed E-state index contributed by atoms with van der Waals surface area (Å²) in [5.41, 5.74) is 2.91. The van der Waals surface area contributed by atoms with Crippen LogP contribution in [0.15, 0.2) is 54.7 Å². The topological polar surface area (TPSA) is 87.7 Å². The molecule has 1 aromatic heterocycles. The van der Waals surface area contributed by atoms with Crippen LogP contribution in [-0.4, -0.2) is 50.1 Å². The second kappa shape index (κ2) is 10.5. The van der Waals surface area contributed by atoms with E-state index in [2.05, 4.69) is 21.7 Å². The number of quaternary nitrogens is 1. The fraction of sp³-hybridized carbons (Fsp3) is 0.304. The summed E-state index contributed by atoms with van der Waals surface area (Å²) < 4.78 is 5.26. The molecule has 3 rings (SSSR count). The Morgan fingerprint density at radius 2 is 1.77 bits per heavy atom. The first kappa shape index (κ1) is 21.4. The Balaban J connectivity index is 1.45. The highest BCUT2D eigenvalue weighted by atomic mass is 16.5. The average molecular weight is 410 g/mol. The van der Waals surface area contributed by atoms with E-state index in [0.29, 0.717) is 24.5 Å². The molecule has 0 aliphatic heterocycles.